The molecule has 0 bridgehead atoms. The number of halogens is 1. The van der Waals surface area contributed by atoms with E-state index in [1.807, 2.05) is 0 Å². The lowest BCUT2D eigenvalue weighted by Crippen LogP contribution is -2.14. The zero-order valence-corrected chi connectivity index (χ0v) is 13.0. The van der Waals surface area contributed by atoms with E-state index in [1.165, 1.54) is 6.07 Å². The number of imidazole rings is 1. The molecule has 1 aromatic heterocycles. The first-order valence-corrected chi connectivity index (χ1v) is 8.23. The molecule has 114 valence electrons. The third-order valence-corrected chi connectivity index (χ3v) is 5.21. The zero-order chi connectivity index (χ0) is 15.9. The van der Waals surface area contributed by atoms with Crippen LogP contribution in [0.1, 0.15) is 5.56 Å². The van der Waals surface area contributed by atoms with E-state index >= 15 is 0 Å². The lowest BCUT2D eigenvalue weighted by Gasteiger charge is -2.11. The van der Waals surface area contributed by atoms with Crippen LogP contribution in [0.3, 0.4) is 0 Å². The maximum Gasteiger partial charge on any atom is 0.323 e. The number of benzene rings is 2. The van der Waals surface area contributed by atoms with Crippen LogP contribution in [-0.2, 0) is 10.0 Å². The van der Waals surface area contributed by atoms with Gasteiger partial charge in [0.1, 0.15) is 0 Å². The Labute approximate surface area is 131 Å². The fourth-order valence-corrected chi connectivity index (χ4v) is 3.73. The molecule has 0 atom stereocenters. The minimum Gasteiger partial charge on any atom is -0.306 e. The summed E-state index contributed by atoms with van der Waals surface area (Å²) >= 11 is 5.97. The molecular weight excluding hydrogens is 326 g/mol. The Morgan fingerprint density at radius 3 is 2.59 bits per heavy atom. The largest absolute Gasteiger partial charge is 0.323 e. The van der Waals surface area contributed by atoms with Gasteiger partial charge in [0.25, 0.3) is 10.0 Å². The van der Waals surface area contributed by atoms with E-state index in [4.69, 9.17) is 11.6 Å². The summed E-state index contributed by atoms with van der Waals surface area (Å²) < 4.78 is 27.4. The van der Waals surface area contributed by atoms with Crippen molar-refractivity contribution < 1.29 is 8.42 Å². The fourth-order valence-electron chi connectivity index (χ4n) is 2.18. The molecule has 6 nitrogen and oxygen atoms in total. The quantitative estimate of drug-likeness (QED) is 0.685. The summed E-state index contributed by atoms with van der Waals surface area (Å²) in [5.74, 6) is 0. The van der Waals surface area contributed by atoms with Crippen LogP contribution in [0, 0.1) is 6.92 Å². The van der Waals surface area contributed by atoms with Crippen molar-refractivity contribution in [2.75, 3.05) is 4.72 Å². The molecule has 22 heavy (non-hydrogen) atoms. The molecule has 0 aliphatic rings. The maximum absolute atomic E-state index is 12.5. The lowest BCUT2D eigenvalue weighted by atomic mass is 10.2. The van der Waals surface area contributed by atoms with E-state index in [0.29, 0.717) is 27.3 Å². The topological polar surface area (TPSA) is 94.8 Å². The number of nitrogens with one attached hydrogen (secondary N) is 3. The van der Waals surface area contributed by atoms with E-state index in [9.17, 15) is 13.2 Å². The first kappa shape index (κ1) is 14.7. The average Bonchev–Trinajstić information content (AvgIpc) is 2.80. The molecule has 3 aromatic rings. The van der Waals surface area contributed by atoms with Gasteiger partial charge in [-0.1, -0.05) is 17.7 Å². The molecule has 0 saturated carbocycles. The number of H-pyrrole nitrogens is 2. The van der Waals surface area contributed by atoms with E-state index in [1.54, 1.807) is 37.3 Å². The summed E-state index contributed by atoms with van der Waals surface area (Å²) in [5, 5.41) is 0.383. The van der Waals surface area contributed by atoms with Crippen molar-refractivity contribution in [1.82, 2.24) is 9.97 Å². The van der Waals surface area contributed by atoms with E-state index in [2.05, 4.69) is 14.7 Å². The van der Waals surface area contributed by atoms with Crippen molar-refractivity contribution in [3.05, 3.63) is 57.5 Å². The lowest BCUT2D eigenvalue weighted by molar-refractivity contribution is 0.600. The summed E-state index contributed by atoms with van der Waals surface area (Å²) in [6.07, 6.45) is 0. The number of sulfonamides is 1. The van der Waals surface area contributed by atoms with Gasteiger partial charge < -0.3 is 9.97 Å². The number of hydrogen-bond donors (Lipinski definition) is 3. The van der Waals surface area contributed by atoms with Crippen LogP contribution >= 0.6 is 11.6 Å². The Hall–Kier alpha value is -2.25. The third-order valence-electron chi connectivity index (χ3n) is 3.28. The molecule has 3 N–H and O–H groups in total. The number of rotatable bonds is 3. The molecule has 0 spiro atoms. The van der Waals surface area contributed by atoms with Crippen molar-refractivity contribution in [3.63, 3.8) is 0 Å². The number of anilines is 1. The summed E-state index contributed by atoms with van der Waals surface area (Å²) in [5.41, 5.74) is 1.61. The van der Waals surface area contributed by atoms with Gasteiger partial charge in [-0.3, -0.25) is 4.72 Å². The minimum atomic E-state index is -3.77. The smallest absolute Gasteiger partial charge is 0.306 e. The van der Waals surface area contributed by atoms with Gasteiger partial charge in [-0.2, -0.15) is 0 Å². The molecule has 3 rings (SSSR count). The van der Waals surface area contributed by atoms with Gasteiger partial charge in [0.2, 0.25) is 0 Å². The fraction of sp³-hybridized carbons (Fsp3) is 0.0714. The molecule has 0 radical (unpaired) electrons. The number of aromatic amines is 2. The predicted octanol–water partition coefficient (Wildman–Crippen LogP) is 2.62. The molecule has 0 saturated heterocycles. The number of aromatic nitrogens is 2. The van der Waals surface area contributed by atoms with Gasteiger partial charge in [0.05, 0.1) is 21.6 Å². The Morgan fingerprint density at radius 2 is 1.82 bits per heavy atom. The van der Waals surface area contributed by atoms with Crippen LogP contribution in [-0.4, -0.2) is 18.4 Å². The summed E-state index contributed by atoms with van der Waals surface area (Å²) in [6, 6.07) is 9.44. The highest BCUT2D eigenvalue weighted by Crippen LogP contribution is 2.25. The molecule has 0 fully saturated rings. The SMILES string of the molecule is Cc1c(Cl)cccc1S(=O)(=O)Nc1ccc2[nH]c(=O)[nH]c2c1. The Kier molecular flexibility index (Phi) is 3.46. The Morgan fingerprint density at radius 1 is 1.09 bits per heavy atom. The highest BCUT2D eigenvalue weighted by Gasteiger charge is 2.18. The molecule has 0 aliphatic heterocycles. The average molecular weight is 338 g/mol. The monoisotopic (exact) mass is 337 g/mol. The highest BCUT2D eigenvalue weighted by molar-refractivity contribution is 7.92. The van der Waals surface area contributed by atoms with Crippen molar-refractivity contribution in [2.45, 2.75) is 11.8 Å². The van der Waals surface area contributed by atoms with Gasteiger partial charge >= 0.3 is 5.69 Å². The summed E-state index contributed by atoms with van der Waals surface area (Å²) in [6.45, 7) is 1.64. The molecular formula is C14H12ClN3O3S. The second kappa shape index (κ2) is 5.19. The third kappa shape index (κ3) is 2.60. The summed E-state index contributed by atoms with van der Waals surface area (Å²) in [7, 11) is -3.77. The molecule has 0 aliphatic carbocycles. The molecule has 1 heterocycles. The molecule has 2 aromatic carbocycles. The second-order valence-electron chi connectivity index (χ2n) is 4.81. The van der Waals surface area contributed by atoms with Gasteiger partial charge in [-0.25, -0.2) is 13.2 Å². The standard InChI is InChI=1S/C14H12ClN3O3S/c1-8-10(15)3-2-4-13(8)22(20,21)18-9-5-6-11-12(7-9)17-14(19)16-11/h2-7,18H,1H3,(H2,16,17,19). The predicted molar refractivity (Wildman–Crippen MR) is 85.9 cm³/mol. The normalized spacial score (nSPS) is 11.7. The van der Waals surface area contributed by atoms with E-state index in [-0.39, 0.29) is 10.6 Å². The first-order chi connectivity index (χ1) is 10.4. The van der Waals surface area contributed by atoms with Gasteiger partial charge in [-0.15, -0.1) is 0 Å². The van der Waals surface area contributed by atoms with Crippen LogP contribution in [0.5, 0.6) is 0 Å². The van der Waals surface area contributed by atoms with Crippen molar-refractivity contribution >= 4 is 38.3 Å². The maximum atomic E-state index is 12.5. The van der Waals surface area contributed by atoms with Gasteiger partial charge in [0, 0.05) is 5.02 Å². The van der Waals surface area contributed by atoms with Gasteiger partial charge in [-0.05, 0) is 42.8 Å². The second-order valence-corrected chi connectivity index (χ2v) is 6.87. The first-order valence-electron chi connectivity index (χ1n) is 6.37. The van der Waals surface area contributed by atoms with Crippen molar-refractivity contribution in [2.24, 2.45) is 0 Å². The Bertz CT molecular complexity index is 1020. The summed E-state index contributed by atoms with van der Waals surface area (Å²) in [4.78, 5) is 16.5. The van der Waals surface area contributed by atoms with Crippen LogP contribution in [0.4, 0.5) is 5.69 Å². The minimum absolute atomic E-state index is 0.114. The molecule has 8 heteroatoms. The molecule has 0 amide bonds. The molecule has 0 unspecified atom stereocenters. The van der Waals surface area contributed by atoms with Crippen LogP contribution in [0.15, 0.2) is 46.1 Å². The van der Waals surface area contributed by atoms with E-state index < -0.39 is 10.0 Å². The van der Waals surface area contributed by atoms with Crippen molar-refractivity contribution in [3.8, 4) is 0 Å². The van der Waals surface area contributed by atoms with Crippen LogP contribution in [0.2, 0.25) is 5.02 Å². The van der Waals surface area contributed by atoms with Crippen LogP contribution < -0.4 is 10.4 Å². The zero-order valence-electron chi connectivity index (χ0n) is 11.5. The number of fused-ring (bicyclic) bond motifs is 1. The van der Waals surface area contributed by atoms with Crippen LogP contribution in [0.25, 0.3) is 11.0 Å². The Balaban J connectivity index is 2.02. The van der Waals surface area contributed by atoms with Gasteiger partial charge in [0.15, 0.2) is 0 Å². The number of hydrogen-bond acceptors (Lipinski definition) is 3. The van der Waals surface area contributed by atoms with Crippen molar-refractivity contribution in [1.29, 1.82) is 0 Å². The highest BCUT2D eigenvalue weighted by atomic mass is 35.5. The van der Waals surface area contributed by atoms with E-state index in [0.717, 1.165) is 0 Å².